The number of nitrogens with one attached hydrogen (secondary N) is 1. The van der Waals surface area contributed by atoms with Crippen molar-refractivity contribution in [1.82, 2.24) is 15.1 Å². The summed E-state index contributed by atoms with van der Waals surface area (Å²) in [5, 5.41) is 7.79. The molecule has 0 bridgehead atoms. The van der Waals surface area contributed by atoms with Gasteiger partial charge in [-0.1, -0.05) is 6.07 Å². The van der Waals surface area contributed by atoms with Crippen molar-refractivity contribution in [3.05, 3.63) is 46.5 Å². The van der Waals surface area contributed by atoms with Gasteiger partial charge in [0.25, 0.3) is 5.91 Å². The number of methoxy groups -OCH3 is 1. The van der Waals surface area contributed by atoms with Crippen LogP contribution in [0, 0.1) is 11.2 Å². The fourth-order valence-corrected chi connectivity index (χ4v) is 4.71. The summed E-state index contributed by atoms with van der Waals surface area (Å²) >= 11 is 0. The third kappa shape index (κ3) is 4.73. The Balaban J connectivity index is 1.46. The van der Waals surface area contributed by atoms with Gasteiger partial charge in [-0.15, -0.1) is 0 Å². The minimum Gasteiger partial charge on any atom is -0.496 e. The minimum atomic E-state index is -0.761. The van der Waals surface area contributed by atoms with Crippen LogP contribution < -0.4 is 10.1 Å². The van der Waals surface area contributed by atoms with Crippen molar-refractivity contribution in [2.45, 2.75) is 45.6 Å². The number of aryl methyl sites for hydroxylation is 2. The number of aromatic nitrogens is 2. The van der Waals surface area contributed by atoms with Crippen molar-refractivity contribution in [3.8, 4) is 5.75 Å². The molecule has 2 aliphatic rings. The topological polar surface area (TPSA) is 91.7 Å². The Bertz CT molecular complexity index is 1030. The van der Waals surface area contributed by atoms with E-state index in [2.05, 4.69) is 5.32 Å². The fraction of sp³-hybridized carbons (Fsp3) is 0.542. The molecule has 1 amide bonds. The Morgan fingerprint density at radius 1 is 1.33 bits per heavy atom. The van der Waals surface area contributed by atoms with Gasteiger partial charge in [0.05, 0.1) is 19.4 Å². The highest BCUT2D eigenvalue weighted by atomic mass is 19.1. The van der Waals surface area contributed by atoms with Crippen molar-refractivity contribution in [1.29, 1.82) is 0 Å². The average molecular weight is 460 g/mol. The van der Waals surface area contributed by atoms with Crippen LogP contribution in [0.25, 0.3) is 0 Å². The molecule has 1 aromatic carbocycles. The van der Waals surface area contributed by atoms with E-state index < -0.39 is 11.8 Å². The molecule has 3 heterocycles. The number of benzene rings is 1. The molecular weight excluding hydrogens is 429 g/mol. The maximum Gasteiger partial charge on any atom is 0.344 e. The van der Waals surface area contributed by atoms with Crippen LogP contribution in [0.15, 0.2) is 18.2 Å². The molecule has 4 rings (SSSR count). The van der Waals surface area contributed by atoms with Gasteiger partial charge in [-0.2, -0.15) is 5.10 Å². The number of carbonyl (C=O) groups excluding carboxylic acids is 2. The molecule has 0 aliphatic carbocycles. The summed E-state index contributed by atoms with van der Waals surface area (Å²) in [7, 11) is 1.38. The molecule has 1 N–H and O–H groups in total. The van der Waals surface area contributed by atoms with Crippen LogP contribution in [0.3, 0.4) is 0 Å². The van der Waals surface area contributed by atoms with Crippen LogP contribution in [0.1, 0.15) is 58.3 Å². The van der Waals surface area contributed by atoms with Crippen LogP contribution in [-0.4, -0.2) is 55.1 Å². The monoisotopic (exact) mass is 459 g/mol. The number of ether oxygens (including phenoxy) is 3. The van der Waals surface area contributed by atoms with Gasteiger partial charge in [0.2, 0.25) is 0 Å². The lowest BCUT2D eigenvalue weighted by atomic mass is 9.75. The highest BCUT2D eigenvalue weighted by Crippen LogP contribution is 2.37. The van der Waals surface area contributed by atoms with E-state index >= 15 is 0 Å². The van der Waals surface area contributed by atoms with Gasteiger partial charge >= 0.3 is 5.97 Å². The van der Waals surface area contributed by atoms with Gasteiger partial charge in [0, 0.05) is 31.9 Å². The third-order valence-electron chi connectivity index (χ3n) is 6.57. The Kier molecular flexibility index (Phi) is 6.97. The van der Waals surface area contributed by atoms with E-state index in [1.54, 1.807) is 4.68 Å². The van der Waals surface area contributed by atoms with Crippen molar-refractivity contribution < 1.29 is 28.2 Å². The van der Waals surface area contributed by atoms with Crippen molar-refractivity contribution in [2.24, 2.45) is 5.41 Å². The van der Waals surface area contributed by atoms with Crippen molar-refractivity contribution >= 4 is 11.9 Å². The number of hydrogen-bond donors (Lipinski definition) is 1. The molecule has 0 atom stereocenters. The lowest BCUT2D eigenvalue weighted by molar-refractivity contribution is 0.0160. The Morgan fingerprint density at radius 2 is 2.12 bits per heavy atom. The smallest absolute Gasteiger partial charge is 0.344 e. The number of hydrogen-bond acceptors (Lipinski definition) is 6. The quantitative estimate of drug-likeness (QED) is 0.506. The van der Waals surface area contributed by atoms with Gasteiger partial charge in [-0.25, -0.2) is 9.18 Å². The van der Waals surface area contributed by atoms with E-state index in [0.717, 1.165) is 30.5 Å². The number of amides is 1. The summed E-state index contributed by atoms with van der Waals surface area (Å²) in [6, 6.07) is 4.19. The van der Waals surface area contributed by atoms with E-state index in [0.29, 0.717) is 44.8 Å². The molecule has 0 radical (unpaired) electrons. The summed E-state index contributed by atoms with van der Waals surface area (Å²) in [5.41, 5.74) is 2.24. The first kappa shape index (κ1) is 23.2. The summed E-state index contributed by atoms with van der Waals surface area (Å²) in [4.78, 5) is 25.3. The van der Waals surface area contributed by atoms with Gasteiger partial charge in [0.15, 0.2) is 0 Å². The predicted octanol–water partition coefficient (Wildman–Crippen LogP) is 2.92. The highest BCUT2D eigenvalue weighted by molar-refractivity contribution is 5.95. The SMILES string of the molecule is CCn1nc(CCCOC(=O)c2c(F)cccc2OC)c2c1C(=O)NCC1(CCOCC1)C2. The molecule has 8 nitrogen and oxygen atoms in total. The largest absolute Gasteiger partial charge is 0.496 e. The first-order chi connectivity index (χ1) is 16.0. The molecule has 1 aromatic heterocycles. The van der Waals surface area contributed by atoms with Crippen molar-refractivity contribution in [3.63, 3.8) is 0 Å². The minimum absolute atomic E-state index is 0.0244. The number of esters is 1. The summed E-state index contributed by atoms with van der Waals surface area (Å²) in [5.74, 6) is -1.39. The number of fused-ring (bicyclic) bond motifs is 1. The molecule has 0 unspecified atom stereocenters. The maximum absolute atomic E-state index is 14.1. The molecule has 0 saturated carbocycles. The molecule has 33 heavy (non-hydrogen) atoms. The van der Waals surface area contributed by atoms with Gasteiger partial charge in [-0.3, -0.25) is 9.48 Å². The summed E-state index contributed by atoms with van der Waals surface area (Å²) in [6.45, 7) is 4.68. The normalized spacial score (nSPS) is 17.2. The number of carbonyl (C=O) groups is 2. The standard InChI is InChI=1S/C24H30FN3O5/c1-3-28-21-16(14-24(15-26-22(21)29)9-12-32-13-10-24)18(27-28)7-5-11-33-23(30)20-17(25)6-4-8-19(20)31-2/h4,6,8H,3,5,7,9-15H2,1-2H3,(H,26,29). The fourth-order valence-electron chi connectivity index (χ4n) is 4.71. The first-order valence-corrected chi connectivity index (χ1v) is 11.4. The molecule has 2 aromatic rings. The zero-order chi connectivity index (χ0) is 23.4. The highest BCUT2D eigenvalue weighted by Gasteiger charge is 2.39. The predicted molar refractivity (Wildman–Crippen MR) is 118 cm³/mol. The van der Waals surface area contributed by atoms with Crippen LogP contribution in [0.5, 0.6) is 5.75 Å². The summed E-state index contributed by atoms with van der Waals surface area (Å²) < 4.78 is 31.8. The van der Waals surface area contributed by atoms with E-state index in [9.17, 15) is 14.0 Å². The summed E-state index contributed by atoms with van der Waals surface area (Å²) in [6.07, 6.45) is 3.62. The van der Waals surface area contributed by atoms with E-state index in [4.69, 9.17) is 19.3 Å². The average Bonchev–Trinajstić information content (AvgIpc) is 3.10. The second kappa shape index (κ2) is 9.91. The van der Waals surface area contributed by atoms with Crippen molar-refractivity contribution in [2.75, 3.05) is 33.5 Å². The Morgan fingerprint density at radius 3 is 2.85 bits per heavy atom. The van der Waals surface area contributed by atoms with Gasteiger partial charge in [-0.05, 0) is 56.6 Å². The van der Waals surface area contributed by atoms with Crippen LogP contribution in [0.4, 0.5) is 4.39 Å². The molecule has 1 saturated heterocycles. The number of rotatable bonds is 7. The molecule has 9 heteroatoms. The van der Waals surface area contributed by atoms with E-state index in [1.165, 1.54) is 25.3 Å². The number of halogens is 1. The van der Waals surface area contributed by atoms with E-state index in [1.807, 2.05) is 6.92 Å². The third-order valence-corrected chi connectivity index (χ3v) is 6.57. The second-order valence-electron chi connectivity index (χ2n) is 8.62. The zero-order valence-corrected chi connectivity index (χ0v) is 19.1. The Hall–Kier alpha value is -2.94. The van der Waals surface area contributed by atoms with Gasteiger partial charge < -0.3 is 19.5 Å². The molecule has 1 fully saturated rings. The Labute approximate surface area is 192 Å². The molecule has 1 spiro atoms. The zero-order valence-electron chi connectivity index (χ0n) is 19.1. The van der Waals surface area contributed by atoms with Crippen LogP contribution in [0.2, 0.25) is 0 Å². The van der Waals surface area contributed by atoms with Crippen LogP contribution in [-0.2, 0) is 28.9 Å². The first-order valence-electron chi connectivity index (χ1n) is 11.4. The maximum atomic E-state index is 14.1. The lowest BCUT2D eigenvalue weighted by Crippen LogP contribution is -2.40. The van der Waals surface area contributed by atoms with Gasteiger partial charge in [0.1, 0.15) is 22.8 Å². The van der Waals surface area contributed by atoms with Crippen LogP contribution >= 0.6 is 0 Å². The molecule has 2 aliphatic heterocycles. The molecule has 178 valence electrons. The lowest BCUT2D eigenvalue weighted by Gasteiger charge is -2.36. The molecular formula is C24H30FN3O5. The van der Waals surface area contributed by atoms with E-state index in [-0.39, 0.29) is 29.2 Å². The second-order valence-corrected chi connectivity index (χ2v) is 8.62. The number of nitrogens with zero attached hydrogens (tertiary/aromatic N) is 2.